The number of aliphatic carboxylic acids is 1. The standard InChI is InChI=1S/C13H17FO2/c1-13(2,3)10(8-12(15)16)9-6-4-5-7-11(9)14/h4-7,10H,8H2,1-3H3,(H,15,16). The zero-order valence-corrected chi connectivity index (χ0v) is 9.83. The van der Waals surface area contributed by atoms with Crippen LogP contribution in [-0.4, -0.2) is 11.1 Å². The summed E-state index contributed by atoms with van der Waals surface area (Å²) < 4.78 is 13.6. The van der Waals surface area contributed by atoms with Crippen molar-refractivity contribution >= 4 is 5.97 Å². The van der Waals surface area contributed by atoms with Gasteiger partial charge in [-0.1, -0.05) is 39.0 Å². The third kappa shape index (κ3) is 3.05. The summed E-state index contributed by atoms with van der Waals surface area (Å²) in [5.41, 5.74) is 0.207. The number of carboxylic acids is 1. The Morgan fingerprint density at radius 1 is 1.38 bits per heavy atom. The highest BCUT2D eigenvalue weighted by molar-refractivity contribution is 5.68. The largest absolute Gasteiger partial charge is 0.481 e. The van der Waals surface area contributed by atoms with Gasteiger partial charge in [0.15, 0.2) is 0 Å². The first-order valence-corrected chi connectivity index (χ1v) is 5.28. The summed E-state index contributed by atoms with van der Waals surface area (Å²) in [4.78, 5) is 10.8. The van der Waals surface area contributed by atoms with E-state index < -0.39 is 5.97 Å². The van der Waals surface area contributed by atoms with E-state index in [-0.39, 0.29) is 23.6 Å². The molecule has 16 heavy (non-hydrogen) atoms. The fourth-order valence-electron chi connectivity index (χ4n) is 1.81. The van der Waals surface area contributed by atoms with E-state index in [0.717, 1.165) is 0 Å². The predicted octanol–water partition coefficient (Wildman–Crippen LogP) is 3.43. The van der Waals surface area contributed by atoms with E-state index in [9.17, 15) is 9.18 Å². The van der Waals surface area contributed by atoms with Crippen LogP contribution in [0.2, 0.25) is 0 Å². The van der Waals surface area contributed by atoms with Gasteiger partial charge in [-0.05, 0) is 17.0 Å². The van der Waals surface area contributed by atoms with Crippen LogP contribution in [0.5, 0.6) is 0 Å². The van der Waals surface area contributed by atoms with Crippen molar-refractivity contribution in [1.82, 2.24) is 0 Å². The molecular formula is C13H17FO2. The number of hydrogen-bond acceptors (Lipinski definition) is 1. The molecule has 3 heteroatoms. The van der Waals surface area contributed by atoms with E-state index in [1.807, 2.05) is 20.8 Å². The van der Waals surface area contributed by atoms with Gasteiger partial charge in [-0.15, -0.1) is 0 Å². The summed E-state index contributed by atoms with van der Waals surface area (Å²) >= 11 is 0. The van der Waals surface area contributed by atoms with Crippen molar-refractivity contribution in [3.63, 3.8) is 0 Å². The van der Waals surface area contributed by atoms with E-state index in [0.29, 0.717) is 5.56 Å². The molecule has 0 fully saturated rings. The predicted molar refractivity (Wildman–Crippen MR) is 60.8 cm³/mol. The highest BCUT2D eigenvalue weighted by Crippen LogP contribution is 2.38. The quantitative estimate of drug-likeness (QED) is 0.854. The molecule has 1 aromatic carbocycles. The summed E-state index contributed by atoms with van der Waals surface area (Å²) in [5.74, 6) is -1.54. The molecule has 0 saturated carbocycles. The van der Waals surface area contributed by atoms with Gasteiger partial charge in [0.1, 0.15) is 5.82 Å². The molecule has 0 aromatic heterocycles. The lowest BCUT2D eigenvalue weighted by Crippen LogP contribution is -2.22. The Morgan fingerprint density at radius 3 is 2.38 bits per heavy atom. The molecule has 88 valence electrons. The average Bonchev–Trinajstić information content (AvgIpc) is 2.13. The number of halogens is 1. The van der Waals surface area contributed by atoms with Gasteiger partial charge < -0.3 is 5.11 Å². The van der Waals surface area contributed by atoms with Crippen molar-refractivity contribution in [3.8, 4) is 0 Å². The molecule has 0 heterocycles. The molecule has 2 nitrogen and oxygen atoms in total. The van der Waals surface area contributed by atoms with Crippen molar-refractivity contribution in [3.05, 3.63) is 35.6 Å². The van der Waals surface area contributed by atoms with Gasteiger partial charge >= 0.3 is 5.97 Å². The maximum absolute atomic E-state index is 13.6. The Hall–Kier alpha value is -1.38. The maximum atomic E-state index is 13.6. The van der Waals surface area contributed by atoms with Crippen LogP contribution in [0.25, 0.3) is 0 Å². The summed E-state index contributed by atoms with van der Waals surface area (Å²) in [7, 11) is 0. The van der Waals surface area contributed by atoms with Crippen molar-refractivity contribution in [2.24, 2.45) is 5.41 Å². The molecule has 1 N–H and O–H groups in total. The van der Waals surface area contributed by atoms with E-state index >= 15 is 0 Å². The van der Waals surface area contributed by atoms with Gasteiger partial charge in [0.2, 0.25) is 0 Å². The second-order valence-corrected chi connectivity index (χ2v) is 5.04. The van der Waals surface area contributed by atoms with Gasteiger partial charge in [-0.25, -0.2) is 4.39 Å². The minimum atomic E-state index is -0.900. The molecule has 0 spiro atoms. The first kappa shape index (κ1) is 12.7. The third-order valence-corrected chi connectivity index (χ3v) is 2.70. The summed E-state index contributed by atoms with van der Waals surface area (Å²) in [6, 6.07) is 6.38. The minimum Gasteiger partial charge on any atom is -0.481 e. The van der Waals surface area contributed by atoms with Crippen LogP contribution in [0.15, 0.2) is 24.3 Å². The Labute approximate surface area is 95.1 Å². The number of benzene rings is 1. The van der Waals surface area contributed by atoms with Crippen LogP contribution in [-0.2, 0) is 4.79 Å². The molecule has 1 aromatic rings. The van der Waals surface area contributed by atoms with Crippen LogP contribution in [0, 0.1) is 11.2 Å². The number of carbonyl (C=O) groups is 1. The molecule has 1 unspecified atom stereocenters. The Balaban J connectivity index is 3.12. The summed E-state index contributed by atoms with van der Waals surface area (Å²) in [6.07, 6.45) is -0.0512. The van der Waals surface area contributed by atoms with Crippen molar-refractivity contribution < 1.29 is 14.3 Å². The topological polar surface area (TPSA) is 37.3 Å². The molecule has 0 aliphatic carbocycles. The number of rotatable bonds is 3. The Bertz CT molecular complexity index is 380. The monoisotopic (exact) mass is 224 g/mol. The van der Waals surface area contributed by atoms with Gasteiger partial charge in [0.25, 0.3) is 0 Å². The number of hydrogen-bond donors (Lipinski definition) is 1. The fourth-order valence-corrected chi connectivity index (χ4v) is 1.81. The maximum Gasteiger partial charge on any atom is 0.303 e. The van der Waals surface area contributed by atoms with E-state index in [2.05, 4.69) is 0 Å². The average molecular weight is 224 g/mol. The highest BCUT2D eigenvalue weighted by Gasteiger charge is 2.30. The van der Waals surface area contributed by atoms with Gasteiger partial charge in [-0.3, -0.25) is 4.79 Å². The normalized spacial score (nSPS) is 13.5. The Kier molecular flexibility index (Phi) is 3.68. The lowest BCUT2D eigenvalue weighted by atomic mass is 9.74. The second kappa shape index (κ2) is 4.64. The SMILES string of the molecule is CC(C)(C)C(CC(=O)O)c1ccccc1F. The fraction of sp³-hybridized carbons (Fsp3) is 0.462. The van der Waals surface area contributed by atoms with Gasteiger partial charge in [0.05, 0.1) is 6.42 Å². The van der Waals surface area contributed by atoms with Crippen molar-refractivity contribution in [1.29, 1.82) is 0 Å². The highest BCUT2D eigenvalue weighted by atomic mass is 19.1. The first-order chi connectivity index (χ1) is 7.32. The van der Waals surface area contributed by atoms with Crippen molar-refractivity contribution in [2.45, 2.75) is 33.1 Å². The molecular weight excluding hydrogens is 207 g/mol. The lowest BCUT2D eigenvalue weighted by molar-refractivity contribution is -0.138. The zero-order valence-electron chi connectivity index (χ0n) is 9.83. The van der Waals surface area contributed by atoms with E-state index in [4.69, 9.17) is 5.11 Å². The molecule has 1 rings (SSSR count). The van der Waals surface area contributed by atoms with E-state index in [1.54, 1.807) is 18.2 Å². The van der Waals surface area contributed by atoms with Gasteiger partial charge in [-0.2, -0.15) is 0 Å². The number of carboxylic acid groups (broad SMARTS) is 1. The first-order valence-electron chi connectivity index (χ1n) is 5.28. The smallest absolute Gasteiger partial charge is 0.303 e. The summed E-state index contributed by atoms with van der Waals surface area (Å²) in [6.45, 7) is 5.77. The van der Waals surface area contributed by atoms with Crippen LogP contribution in [0.3, 0.4) is 0 Å². The molecule has 0 amide bonds. The Morgan fingerprint density at radius 2 is 1.94 bits per heavy atom. The van der Waals surface area contributed by atoms with Gasteiger partial charge in [0, 0.05) is 5.92 Å². The molecule has 0 aliphatic rings. The minimum absolute atomic E-state index is 0.0512. The molecule has 0 aliphatic heterocycles. The zero-order chi connectivity index (χ0) is 12.3. The second-order valence-electron chi connectivity index (χ2n) is 5.04. The van der Waals surface area contributed by atoms with Crippen LogP contribution in [0.4, 0.5) is 4.39 Å². The summed E-state index contributed by atoms with van der Waals surface area (Å²) in [5, 5.41) is 8.88. The third-order valence-electron chi connectivity index (χ3n) is 2.70. The van der Waals surface area contributed by atoms with Crippen LogP contribution in [0.1, 0.15) is 38.7 Å². The molecule has 0 saturated heterocycles. The molecule has 1 atom stereocenters. The van der Waals surface area contributed by atoms with Crippen molar-refractivity contribution in [2.75, 3.05) is 0 Å². The van der Waals surface area contributed by atoms with Crippen LogP contribution >= 0.6 is 0 Å². The lowest BCUT2D eigenvalue weighted by Gasteiger charge is -2.30. The van der Waals surface area contributed by atoms with Crippen LogP contribution < -0.4 is 0 Å². The molecule has 0 bridgehead atoms. The van der Waals surface area contributed by atoms with E-state index in [1.165, 1.54) is 6.07 Å². The molecule has 0 radical (unpaired) electrons.